The van der Waals surface area contributed by atoms with E-state index in [-0.39, 0.29) is 40.2 Å². The summed E-state index contributed by atoms with van der Waals surface area (Å²) in [7, 11) is 0. The largest absolute Gasteiger partial charge is 0.417 e. The van der Waals surface area contributed by atoms with E-state index in [0.717, 1.165) is 12.1 Å². The van der Waals surface area contributed by atoms with E-state index >= 15 is 0 Å². The summed E-state index contributed by atoms with van der Waals surface area (Å²) >= 11 is 0. The number of hydrogen-bond acceptors (Lipinski definition) is 2. The Morgan fingerprint density at radius 3 is 1.21 bits per heavy atom. The summed E-state index contributed by atoms with van der Waals surface area (Å²) in [5.74, 6) is 0. The van der Waals surface area contributed by atoms with Crippen molar-refractivity contribution in [1.82, 2.24) is 9.13 Å². The second-order valence-corrected chi connectivity index (χ2v) is 16.9. The first-order chi connectivity index (χ1) is 33.5. The second kappa shape index (κ2) is 16.3. The number of aromatic nitrogens is 2. The first kappa shape index (κ1) is 46.2. The van der Waals surface area contributed by atoms with Gasteiger partial charge in [0, 0.05) is 21.5 Å². The van der Waals surface area contributed by atoms with Crippen molar-refractivity contribution >= 4 is 43.6 Å². The number of aryl methyl sites for hydroxylation is 1. The Bertz CT molecular complexity index is 3710. The molecule has 0 aliphatic heterocycles. The maximum Gasteiger partial charge on any atom is 0.417 e. The minimum absolute atomic E-state index is 0.0384. The van der Waals surface area contributed by atoms with E-state index in [4.69, 9.17) is 0 Å². The number of rotatable bonds is 5. The number of fused-ring (bicyclic) bond motifs is 6. The molecule has 0 radical (unpaired) electrons. The number of hydrogen-bond donors (Lipinski definition) is 0. The van der Waals surface area contributed by atoms with E-state index < -0.39 is 58.1 Å². The number of benzene rings is 8. The van der Waals surface area contributed by atoms with Crippen molar-refractivity contribution in [3.05, 3.63) is 191 Å². The third kappa shape index (κ3) is 7.95. The van der Waals surface area contributed by atoms with Crippen LogP contribution in [0.2, 0.25) is 0 Å². The predicted octanol–water partition coefficient (Wildman–Crippen LogP) is 17.0. The lowest BCUT2D eigenvalue weighted by Gasteiger charge is -2.19. The molecule has 0 amide bonds. The van der Waals surface area contributed by atoms with Crippen LogP contribution in [-0.4, -0.2) is 9.13 Å². The molecule has 0 saturated heterocycles. The number of nitrogens with zero attached hydrogens (tertiary/aromatic N) is 4. The van der Waals surface area contributed by atoms with E-state index in [2.05, 4.69) is 12.1 Å². The SMILES string of the molecule is Cc1cc(C#N)cc(-c2cc(-n3c4ccccc4c4cc(-c5ccc(C(F)(F)F)cc5C(F)(F)F)ccc43)c(C#N)c(-n3c4ccccc4c4cc(-c5ccc(C(F)(F)F)cc5C(F)(F)F)ccc43)c2)c1. The van der Waals surface area contributed by atoms with Gasteiger partial charge in [-0.25, -0.2) is 0 Å². The summed E-state index contributed by atoms with van der Waals surface area (Å²) < 4.78 is 172. The van der Waals surface area contributed by atoms with Crippen LogP contribution < -0.4 is 0 Å². The highest BCUT2D eigenvalue weighted by atomic mass is 19.4. The van der Waals surface area contributed by atoms with Gasteiger partial charge in [0.25, 0.3) is 0 Å². The van der Waals surface area contributed by atoms with Gasteiger partial charge in [-0.1, -0.05) is 66.7 Å². The minimum Gasteiger partial charge on any atom is -0.308 e. The molecule has 0 N–H and O–H groups in total. The van der Waals surface area contributed by atoms with Gasteiger partial charge in [-0.15, -0.1) is 0 Å². The van der Waals surface area contributed by atoms with Gasteiger partial charge in [0.2, 0.25) is 0 Å². The van der Waals surface area contributed by atoms with Crippen LogP contribution in [0, 0.1) is 29.6 Å². The zero-order valence-corrected chi connectivity index (χ0v) is 36.3. The molecule has 16 heteroatoms. The highest BCUT2D eigenvalue weighted by Gasteiger charge is 2.40. The Kier molecular flexibility index (Phi) is 10.6. The topological polar surface area (TPSA) is 57.4 Å². The van der Waals surface area contributed by atoms with Gasteiger partial charge in [-0.3, -0.25) is 0 Å². The van der Waals surface area contributed by atoms with Crippen LogP contribution in [0.25, 0.3) is 88.4 Å². The molecule has 10 aromatic rings. The van der Waals surface area contributed by atoms with Crippen LogP contribution >= 0.6 is 0 Å². The average Bonchev–Trinajstić information content (AvgIpc) is 3.84. The smallest absolute Gasteiger partial charge is 0.308 e. The molecule has 0 aliphatic rings. The molecule has 0 unspecified atom stereocenters. The van der Waals surface area contributed by atoms with Crippen LogP contribution in [0.5, 0.6) is 0 Å². The molecular formula is C55H28F12N4. The second-order valence-electron chi connectivity index (χ2n) is 16.9. The van der Waals surface area contributed by atoms with Crippen molar-refractivity contribution in [3.8, 4) is 56.9 Å². The third-order valence-corrected chi connectivity index (χ3v) is 12.5. The zero-order valence-electron chi connectivity index (χ0n) is 36.3. The Morgan fingerprint density at radius 1 is 0.380 bits per heavy atom. The molecule has 2 heterocycles. The quantitative estimate of drug-likeness (QED) is 0.161. The summed E-state index contributed by atoms with van der Waals surface area (Å²) in [4.78, 5) is 0. The normalized spacial score (nSPS) is 12.5. The fraction of sp³-hybridized carbons (Fsp3) is 0.0909. The van der Waals surface area contributed by atoms with Crippen molar-refractivity contribution in [2.45, 2.75) is 31.6 Å². The molecule has 0 fully saturated rings. The van der Waals surface area contributed by atoms with Crippen LogP contribution in [0.4, 0.5) is 52.7 Å². The molecule has 0 bridgehead atoms. The summed E-state index contributed by atoms with van der Waals surface area (Å²) in [6, 6.07) is 38.1. The number of nitriles is 2. The van der Waals surface area contributed by atoms with Crippen LogP contribution in [-0.2, 0) is 24.7 Å². The lowest BCUT2D eigenvalue weighted by atomic mass is 9.95. The summed E-state index contributed by atoms with van der Waals surface area (Å²) in [6.45, 7) is 1.78. The first-order valence-electron chi connectivity index (χ1n) is 21.3. The maximum absolute atomic E-state index is 14.5. The molecule has 8 aromatic carbocycles. The van der Waals surface area contributed by atoms with Crippen molar-refractivity contribution in [1.29, 1.82) is 10.5 Å². The molecule has 0 spiro atoms. The lowest BCUT2D eigenvalue weighted by molar-refractivity contribution is -0.144. The number of halogens is 12. The molecule has 0 aliphatic carbocycles. The summed E-state index contributed by atoms with van der Waals surface area (Å²) in [5, 5.41) is 23.1. The molecule has 0 atom stereocenters. The van der Waals surface area contributed by atoms with Crippen molar-refractivity contribution in [2.75, 3.05) is 0 Å². The van der Waals surface area contributed by atoms with Gasteiger partial charge in [-0.2, -0.15) is 63.2 Å². The average molecular weight is 973 g/mol. The highest BCUT2D eigenvalue weighted by Crippen LogP contribution is 2.46. The molecule has 71 heavy (non-hydrogen) atoms. The minimum atomic E-state index is -5.16. The van der Waals surface area contributed by atoms with Gasteiger partial charge < -0.3 is 9.13 Å². The van der Waals surface area contributed by atoms with Gasteiger partial charge in [0.15, 0.2) is 0 Å². The maximum atomic E-state index is 14.5. The van der Waals surface area contributed by atoms with Crippen molar-refractivity contribution in [3.63, 3.8) is 0 Å². The predicted molar refractivity (Wildman–Crippen MR) is 246 cm³/mol. The van der Waals surface area contributed by atoms with Gasteiger partial charge >= 0.3 is 24.7 Å². The number of para-hydroxylation sites is 2. The fourth-order valence-electron chi connectivity index (χ4n) is 9.47. The number of alkyl halides is 12. The molecular weight excluding hydrogens is 945 g/mol. The molecule has 10 rings (SSSR count). The van der Waals surface area contributed by atoms with Crippen LogP contribution in [0.1, 0.15) is 38.9 Å². The monoisotopic (exact) mass is 972 g/mol. The van der Waals surface area contributed by atoms with Crippen molar-refractivity contribution in [2.24, 2.45) is 0 Å². The van der Waals surface area contributed by atoms with Crippen molar-refractivity contribution < 1.29 is 52.7 Å². The van der Waals surface area contributed by atoms with Gasteiger partial charge in [0.1, 0.15) is 11.6 Å². The first-order valence-corrected chi connectivity index (χ1v) is 21.3. The van der Waals surface area contributed by atoms with Crippen LogP contribution in [0.15, 0.2) is 152 Å². The fourth-order valence-corrected chi connectivity index (χ4v) is 9.47. The zero-order chi connectivity index (χ0) is 50.5. The summed E-state index contributed by atoms with van der Waals surface area (Å²) in [6.07, 6.45) is -20.4. The van der Waals surface area contributed by atoms with E-state index in [1.807, 2.05) is 6.07 Å². The van der Waals surface area contributed by atoms with Gasteiger partial charge in [-0.05, 0) is 131 Å². The Labute approximate surface area is 394 Å². The van der Waals surface area contributed by atoms with E-state index in [9.17, 15) is 63.2 Å². The van der Waals surface area contributed by atoms with E-state index in [0.29, 0.717) is 78.0 Å². The molecule has 2 aromatic heterocycles. The molecule has 0 saturated carbocycles. The van der Waals surface area contributed by atoms with E-state index in [1.165, 1.54) is 36.4 Å². The van der Waals surface area contributed by atoms with E-state index in [1.54, 1.807) is 88.9 Å². The Balaban J connectivity index is 1.26. The lowest BCUT2D eigenvalue weighted by Crippen LogP contribution is -2.12. The standard InChI is InChI=1S/C55H28F12N4/c1-29-18-30(27-68)20-33(19-29)34-23-50(70-46-8-4-2-6-39(46)41-21-31(10-16-48(41)70)37-14-12-35(52(56,57)58)25-44(37)54(62,63)64)43(28-69)51(24-34)71-47-9-5-3-7-40(47)42-22-32(11-17-49(42)71)38-15-13-36(53(59,60)61)26-45(38)55(65,66)67/h2-26H,1H3. The molecule has 352 valence electrons. The Morgan fingerprint density at radius 2 is 0.803 bits per heavy atom. The third-order valence-electron chi connectivity index (χ3n) is 12.5. The molecule has 4 nitrogen and oxygen atoms in total. The van der Waals surface area contributed by atoms with Gasteiger partial charge in [0.05, 0.1) is 67.3 Å². The Hall–Kier alpha value is -8.50. The summed E-state index contributed by atoms with van der Waals surface area (Å²) in [5.41, 5.74) is -2.66. The van der Waals surface area contributed by atoms with Crippen LogP contribution in [0.3, 0.4) is 0 Å². The highest BCUT2D eigenvalue weighted by molar-refractivity contribution is 6.12.